The molecular formula is C26H23F2N5O. The maximum Gasteiger partial charge on any atom is 0.253 e. The van der Waals surface area contributed by atoms with Crippen molar-refractivity contribution in [2.45, 2.75) is 6.04 Å². The summed E-state index contributed by atoms with van der Waals surface area (Å²) in [6.07, 6.45) is 3.07. The number of hydrogen-bond acceptors (Lipinski definition) is 4. The van der Waals surface area contributed by atoms with Gasteiger partial charge in [0.05, 0.1) is 11.7 Å². The first-order valence-corrected chi connectivity index (χ1v) is 11.1. The molecule has 0 aliphatic carbocycles. The summed E-state index contributed by atoms with van der Waals surface area (Å²) in [5.74, 6) is -0.622. The van der Waals surface area contributed by atoms with E-state index in [-0.39, 0.29) is 23.6 Å². The van der Waals surface area contributed by atoms with Crippen LogP contribution in [0.5, 0.6) is 0 Å². The average Bonchev–Trinajstić information content (AvgIpc) is 3.42. The second-order valence-electron chi connectivity index (χ2n) is 8.22. The van der Waals surface area contributed by atoms with E-state index in [1.807, 2.05) is 17.0 Å². The summed E-state index contributed by atoms with van der Waals surface area (Å²) in [4.78, 5) is 21.1. The van der Waals surface area contributed by atoms with Crippen LogP contribution in [0.1, 0.15) is 27.5 Å². The predicted molar refractivity (Wildman–Crippen MR) is 123 cm³/mol. The number of aromatic nitrogens is 3. The lowest BCUT2D eigenvalue weighted by molar-refractivity contribution is 0.0597. The highest BCUT2D eigenvalue weighted by Crippen LogP contribution is 2.30. The van der Waals surface area contributed by atoms with Crippen LogP contribution in [0.3, 0.4) is 0 Å². The maximum absolute atomic E-state index is 13.5. The van der Waals surface area contributed by atoms with Gasteiger partial charge in [0.1, 0.15) is 24.3 Å². The number of piperazine rings is 1. The van der Waals surface area contributed by atoms with Gasteiger partial charge in [-0.3, -0.25) is 9.69 Å². The summed E-state index contributed by atoms with van der Waals surface area (Å²) in [7, 11) is 0. The van der Waals surface area contributed by atoms with Gasteiger partial charge in [-0.15, -0.1) is 0 Å². The van der Waals surface area contributed by atoms with Gasteiger partial charge in [-0.2, -0.15) is 5.10 Å². The van der Waals surface area contributed by atoms with Crippen molar-refractivity contribution in [3.63, 3.8) is 0 Å². The molecule has 5 rings (SSSR count). The lowest BCUT2D eigenvalue weighted by Gasteiger charge is -2.39. The third-order valence-electron chi connectivity index (χ3n) is 6.14. The van der Waals surface area contributed by atoms with Crippen LogP contribution in [0, 0.1) is 11.6 Å². The van der Waals surface area contributed by atoms with Crippen LogP contribution >= 0.6 is 0 Å². The Labute approximate surface area is 196 Å². The topological polar surface area (TPSA) is 54.3 Å². The van der Waals surface area contributed by atoms with Crippen molar-refractivity contribution >= 4 is 5.91 Å². The fourth-order valence-electron chi connectivity index (χ4n) is 4.37. The molecule has 6 nitrogen and oxygen atoms in total. The molecule has 0 radical (unpaired) electrons. The molecule has 1 saturated heterocycles. The quantitative estimate of drug-likeness (QED) is 0.451. The molecule has 0 spiro atoms. The van der Waals surface area contributed by atoms with Crippen LogP contribution in [0.4, 0.5) is 8.78 Å². The van der Waals surface area contributed by atoms with Gasteiger partial charge < -0.3 is 4.90 Å². The zero-order valence-corrected chi connectivity index (χ0v) is 18.4. The van der Waals surface area contributed by atoms with Crippen molar-refractivity contribution < 1.29 is 13.6 Å². The van der Waals surface area contributed by atoms with E-state index in [4.69, 9.17) is 0 Å². The fourth-order valence-corrected chi connectivity index (χ4v) is 4.37. The second-order valence-corrected chi connectivity index (χ2v) is 8.22. The Kier molecular flexibility index (Phi) is 6.14. The highest BCUT2D eigenvalue weighted by atomic mass is 19.1. The van der Waals surface area contributed by atoms with Gasteiger partial charge >= 0.3 is 0 Å². The molecule has 34 heavy (non-hydrogen) atoms. The van der Waals surface area contributed by atoms with Crippen molar-refractivity contribution in [1.82, 2.24) is 24.6 Å². The van der Waals surface area contributed by atoms with E-state index in [0.29, 0.717) is 31.7 Å². The molecule has 4 aromatic rings. The minimum Gasteiger partial charge on any atom is -0.336 e. The summed E-state index contributed by atoms with van der Waals surface area (Å²) >= 11 is 0. The number of benzene rings is 3. The highest BCUT2D eigenvalue weighted by Gasteiger charge is 2.28. The molecule has 2 heterocycles. The zero-order chi connectivity index (χ0) is 23.5. The number of carbonyl (C=O) groups excluding carboxylic acids is 1. The summed E-state index contributed by atoms with van der Waals surface area (Å²) < 4.78 is 28.7. The molecule has 1 amide bonds. The molecule has 0 atom stereocenters. The van der Waals surface area contributed by atoms with Crippen LogP contribution in [0.15, 0.2) is 85.5 Å². The molecule has 1 aromatic heterocycles. The Bertz CT molecular complexity index is 1190. The molecule has 172 valence electrons. The Morgan fingerprint density at radius 1 is 0.765 bits per heavy atom. The summed E-state index contributed by atoms with van der Waals surface area (Å²) in [6.45, 7) is 2.40. The van der Waals surface area contributed by atoms with Gasteiger partial charge in [-0.1, -0.05) is 24.3 Å². The SMILES string of the molecule is O=C(c1ccc(-n2cncn2)cc1)N1CCN(C(c2ccc(F)cc2)c2ccc(F)cc2)CC1. The van der Waals surface area contributed by atoms with Crippen molar-refractivity contribution in [2.24, 2.45) is 0 Å². The number of amides is 1. The van der Waals surface area contributed by atoms with E-state index >= 15 is 0 Å². The van der Waals surface area contributed by atoms with Gasteiger partial charge in [0.25, 0.3) is 5.91 Å². The molecule has 1 aliphatic heterocycles. The number of hydrogen-bond donors (Lipinski definition) is 0. The monoisotopic (exact) mass is 459 g/mol. The summed E-state index contributed by atoms with van der Waals surface area (Å²) in [6, 6.07) is 19.9. The molecule has 0 unspecified atom stereocenters. The van der Waals surface area contributed by atoms with Gasteiger partial charge in [0.2, 0.25) is 0 Å². The average molecular weight is 460 g/mol. The van der Waals surface area contributed by atoms with Crippen LogP contribution in [0.2, 0.25) is 0 Å². The molecule has 1 aliphatic rings. The van der Waals surface area contributed by atoms with Crippen molar-refractivity contribution in [1.29, 1.82) is 0 Å². The first-order valence-electron chi connectivity index (χ1n) is 11.1. The van der Waals surface area contributed by atoms with E-state index in [2.05, 4.69) is 15.0 Å². The normalized spacial score (nSPS) is 14.5. The van der Waals surface area contributed by atoms with Gasteiger partial charge in [0, 0.05) is 31.7 Å². The highest BCUT2D eigenvalue weighted by molar-refractivity contribution is 5.94. The van der Waals surface area contributed by atoms with Crippen LogP contribution in [-0.4, -0.2) is 56.7 Å². The summed E-state index contributed by atoms with van der Waals surface area (Å²) in [5.41, 5.74) is 3.30. The molecular weight excluding hydrogens is 436 g/mol. The molecule has 1 fully saturated rings. The second kappa shape index (κ2) is 9.52. The van der Waals surface area contributed by atoms with E-state index in [0.717, 1.165) is 16.8 Å². The van der Waals surface area contributed by atoms with Crippen molar-refractivity contribution in [3.8, 4) is 5.69 Å². The molecule has 0 bridgehead atoms. The number of carbonyl (C=O) groups is 1. The first-order chi connectivity index (χ1) is 16.6. The lowest BCUT2D eigenvalue weighted by atomic mass is 9.96. The third kappa shape index (κ3) is 4.58. The minimum atomic E-state index is -0.299. The van der Waals surface area contributed by atoms with E-state index in [1.165, 1.54) is 30.6 Å². The van der Waals surface area contributed by atoms with Crippen molar-refractivity contribution in [2.75, 3.05) is 26.2 Å². The predicted octanol–water partition coefficient (Wildman–Crippen LogP) is 4.09. The Hall–Kier alpha value is -3.91. The number of halogens is 2. The smallest absolute Gasteiger partial charge is 0.253 e. The summed E-state index contributed by atoms with van der Waals surface area (Å²) in [5, 5.41) is 4.10. The maximum atomic E-state index is 13.5. The largest absolute Gasteiger partial charge is 0.336 e. The van der Waals surface area contributed by atoms with Crippen LogP contribution in [0.25, 0.3) is 5.69 Å². The van der Waals surface area contributed by atoms with E-state index in [1.54, 1.807) is 47.4 Å². The van der Waals surface area contributed by atoms with Gasteiger partial charge in [0.15, 0.2) is 0 Å². The number of rotatable bonds is 5. The standard InChI is InChI=1S/C26H23F2N5O/c27-22-7-1-19(2-8-22)25(20-3-9-23(28)10-4-20)31-13-15-32(16-14-31)26(34)21-5-11-24(12-6-21)33-18-29-17-30-33/h1-12,17-18,25H,13-16H2. The zero-order valence-electron chi connectivity index (χ0n) is 18.4. The van der Waals surface area contributed by atoms with Crippen molar-refractivity contribution in [3.05, 3.63) is 114 Å². The first kappa shape index (κ1) is 21.9. The van der Waals surface area contributed by atoms with Gasteiger partial charge in [-0.05, 0) is 59.7 Å². The molecule has 8 heteroatoms. The lowest BCUT2D eigenvalue weighted by Crippen LogP contribution is -2.49. The molecule has 0 saturated carbocycles. The Balaban J connectivity index is 1.30. The molecule has 0 N–H and O–H groups in total. The van der Waals surface area contributed by atoms with E-state index < -0.39 is 0 Å². The minimum absolute atomic E-state index is 0.0232. The van der Waals surface area contributed by atoms with Crippen LogP contribution in [-0.2, 0) is 0 Å². The Morgan fingerprint density at radius 2 is 1.32 bits per heavy atom. The van der Waals surface area contributed by atoms with Gasteiger partial charge in [-0.25, -0.2) is 18.4 Å². The van der Waals surface area contributed by atoms with Crippen LogP contribution < -0.4 is 0 Å². The van der Waals surface area contributed by atoms with E-state index in [9.17, 15) is 13.6 Å². The fraction of sp³-hybridized carbons (Fsp3) is 0.192. The number of nitrogens with zero attached hydrogens (tertiary/aromatic N) is 5. The third-order valence-corrected chi connectivity index (χ3v) is 6.14. The molecule has 3 aromatic carbocycles. The Morgan fingerprint density at radius 3 is 1.82 bits per heavy atom.